The first kappa shape index (κ1) is 26.2. The van der Waals surface area contributed by atoms with Gasteiger partial charge in [0.25, 0.3) is 0 Å². The van der Waals surface area contributed by atoms with Gasteiger partial charge in [-0.25, -0.2) is 0 Å². The molecule has 8 unspecified atom stereocenters. The Morgan fingerprint density at radius 2 is 0.680 bits per heavy atom. The van der Waals surface area contributed by atoms with Crippen molar-refractivity contribution >= 4 is 50.5 Å². The highest BCUT2D eigenvalue weighted by Gasteiger charge is 2.52. The van der Waals surface area contributed by atoms with Crippen molar-refractivity contribution in [2.45, 2.75) is 98.8 Å². The Kier molecular flexibility index (Phi) is 12.5. The van der Waals surface area contributed by atoms with Crippen LogP contribution in [0.3, 0.4) is 0 Å². The first-order valence-electron chi connectivity index (χ1n) is 8.80. The van der Waals surface area contributed by atoms with Crippen molar-refractivity contribution in [2.24, 2.45) is 5.41 Å². The van der Waals surface area contributed by atoms with Crippen LogP contribution in [0.15, 0.2) is 0 Å². The summed E-state index contributed by atoms with van der Waals surface area (Å²) in [6.07, 6.45) is -0.717. The topological polar surface area (TPSA) is 80.9 Å². The van der Waals surface area contributed by atoms with Gasteiger partial charge in [0.15, 0.2) is 0 Å². The Morgan fingerprint density at radius 1 is 0.520 bits per heavy atom. The van der Waals surface area contributed by atoms with E-state index in [1.807, 2.05) is 0 Å². The van der Waals surface area contributed by atoms with Gasteiger partial charge in [-0.15, -0.1) is 0 Å². The monoisotopic (exact) mass is 432 g/mol. The van der Waals surface area contributed by atoms with Crippen molar-refractivity contribution in [3.8, 4) is 0 Å². The standard InChI is InChI=1S/C17H36O4S4/c1-9(18)5-13(22)17(14(23)6-10(2)19,15(24)7-11(3)20)16(25)8-12(4)21/h9-16,18-25H,5-8H2,1-4H3. The van der Waals surface area contributed by atoms with Crippen LogP contribution in [0.25, 0.3) is 0 Å². The highest BCUT2D eigenvalue weighted by molar-refractivity contribution is 7.84. The minimum absolute atomic E-state index is 0.323. The molecule has 0 aromatic carbocycles. The molecule has 8 heteroatoms. The van der Waals surface area contributed by atoms with E-state index in [4.69, 9.17) is 50.5 Å². The Labute approximate surface area is 174 Å². The third-order valence-electron chi connectivity index (χ3n) is 4.57. The van der Waals surface area contributed by atoms with Crippen LogP contribution in [0.1, 0.15) is 53.4 Å². The van der Waals surface area contributed by atoms with E-state index in [0.717, 1.165) is 0 Å². The van der Waals surface area contributed by atoms with Crippen LogP contribution in [0.2, 0.25) is 0 Å². The molecule has 0 amide bonds. The van der Waals surface area contributed by atoms with Gasteiger partial charge in [0, 0.05) is 26.4 Å². The molecule has 0 aliphatic rings. The van der Waals surface area contributed by atoms with Crippen molar-refractivity contribution in [3.05, 3.63) is 0 Å². The number of aliphatic hydroxyl groups excluding tert-OH is 4. The zero-order chi connectivity index (χ0) is 19.9. The SMILES string of the molecule is CC(O)CC(S)C(C(S)CC(C)O)(C(S)CC(C)O)C(S)CC(C)O. The first-order chi connectivity index (χ1) is 11.3. The summed E-state index contributed by atoms with van der Waals surface area (Å²) >= 11 is 19.1. The van der Waals surface area contributed by atoms with Crippen LogP contribution in [0.5, 0.6) is 0 Å². The Hall–Kier alpha value is 1.24. The van der Waals surface area contributed by atoms with Gasteiger partial charge >= 0.3 is 0 Å². The van der Waals surface area contributed by atoms with Crippen LogP contribution in [0, 0.1) is 5.41 Å². The first-order valence-corrected chi connectivity index (χ1v) is 10.9. The predicted octanol–water partition coefficient (Wildman–Crippen LogP) is 2.25. The molecule has 25 heavy (non-hydrogen) atoms. The Balaban J connectivity index is 6.07. The van der Waals surface area contributed by atoms with E-state index in [-0.39, 0.29) is 21.0 Å². The number of aliphatic hydroxyl groups is 4. The molecule has 0 heterocycles. The molecule has 152 valence electrons. The van der Waals surface area contributed by atoms with Crippen molar-refractivity contribution in [1.29, 1.82) is 0 Å². The van der Waals surface area contributed by atoms with Crippen LogP contribution in [-0.2, 0) is 0 Å². The maximum atomic E-state index is 9.91. The lowest BCUT2D eigenvalue weighted by molar-refractivity contribution is 0.0927. The predicted molar refractivity (Wildman–Crippen MR) is 119 cm³/mol. The second kappa shape index (κ2) is 11.9. The van der Waals surface area contributed by atoms with E-state index in [1.165, 1.54) is 0 Å². The summed E-state index contributed by atoms with van der Waals surface area (Å²) in [5.41, 5.74) is -0.722. The molecule has 8 atom stereocenters. The molecule has 0 saturated heterocycles. The van der Waals surface area contributed by atoms with Gasteiger partial charge in [0.1, 0.15) is 0 Å². The second-order valence-corrected chi connectivity index (χ2v) is 9.90. The van der Waals surface area contributed by atoms with Gasteiger partial charge in [0.05, 0.1) is 24.4 Å². The van der Waals surface area contributed by atoms with Crippen LogP contribution in [-0.4, -0.2) is 65.8 Å². The molecule has 0 saturated carbocycles. The van der Waals surface area contributed by atoms with Gasteiger partial charge in [-0.3, -0.25) is 0 Å². The molecule has 0 fully saturated rings. The number of thiol groups is 4. The van der Waals surface area contributed by atoms with Gasteiger partial charge in [-0.2, -0.15) is 50.5 Å². The molecule has 0 aromatic heterocycles. The van der Waals surface area contributed by atoms with E-state index < -0.39 is 29.8 Å². The lowest BCUT2D eigenvalue weighted by atomic mass is 9.68. The largest absolute Gasteiger partial charge is 0.393 e. The lowest BCUT2D eigenvalue weighted by Crippen LogP contribution is -2.56. The molecular weight excluding hydrogens is 396 g/mol. The molecular formula is C17H36O4S4. The van der Waals surface area contributed by atoms with Crippen LogP contribution >= 0.6 is 50.5 Å². The second-order valence-electron chi connectivity index (χ2n) is 7.40. The number of hydrogen-bond acceptors (Lipinski definition) is 8. The smallest absolute Gasteiger partial charge is 0.0522 e. The summed E-state index contributed by atoms with van der Waals surface area (Å²) in [4.78, 5) is 0. The molecule has 4 nitrogen and oxygen atoms in total. The summed E-state index contributed by atoms with van der Waals surface area (Å²) in [6, 6.07) is 0. The zero-order valence-corrected chi connectivity index (χ0v) is 19.1. The Bertz CT molecular complexity index is 297. The highest BCUT2D eigenvalue weighted by atomic mass is 32.1. The number of rotatable bonds is 12. The fraction of sp³-hybridized carbons (Fsp3) is 1.00. The molecule has 0 radical (unpaired) electrons. The Morgan fingerprint density at radius 3 is 0.800 bits per heavy atom. The van der Waals surface area contributed by atoms with E-state index >= 15 is 0 Å². The average molecular weight is 433 g/mol. The quantitative estimate of drug-likeness (QED) is 0.228. The van der Waals surface area contributed by atoms with E-state index in [1.54, 1.807) is 27.7 Å². The minimum Gasteiger partial charge on any atom is -0.393 e. The maximum absolute atomic E-state index is 9.91. The van der Waals surface area contributed by atoms with Crippen LogP contribution in [0.4, 0.5) is 0 Å². The lowest BCUT2D eigenvalue weighted by Gasteiger charge is -2.51. The molecule has 0 rings (SSSR count). The van der Waals surface area contributed by atoms with E-state index in [9.17, 15) is 20.4 Å². The van der Waals surface area contributed by atoms with Gasteiger partial charge in [-0.1, -0.05) is 0 Å². The van der Waals surface area contributed by atoms with Crippen molar-refractivity contribution < 1.29 is 20.4 Å². The summed E-state index contributed by atoms with van der Waals surface area (Å²) in [5.74, 6) is 0. The van der Waals surface area contributed by atoms with Gasteiger partial charge in [-0.05, 0) is 53.4 Å². The van der Waals surface area contributed by atoms with E-state index in [0.29, 0.717) is 25.7 Å². The summed E-state index contributed by atoms with van der Waals surface area (Å²) in [6.45, 7) is 6.78. The third-order valence-corrected chi connectivity index (χ3v) is 7.20. The van der Waals surface area contributed by atoms with Crippen molar-refractivity contribution in [2.75, 3.05) is 0 Å². The summed E-state index contributed by atoms with van der Waals surface area (Å²) in [7, 11) is 0. The van der Waals surface area contributed by atoms with Crippen molar-refractivity contribution in [3.63, 3.8) is 0 Å². The average Bonchev–Trinajstić information content (AvgIpc) is 2.35. The fourth-order valence-electron chi connectivity index (χ4n) is 3.44. The molecule has 0 spiro atoms. The van der Waals surface area contributed by atoms with E-state index in [2.05, 4.69) is 0 Å². The van der Waals surface area contributed by atoms with Gasteiger partial charge in [0.2, 0.25) is 0 Å². The molecule has 0 aliphatic carbocycles. The molecule has 0 aromatic rings. The van der Waals surface area contributed by atoms with Crippen LogP contribution < -0.4 is 0 Å². The summed E-state index contributed by atoms with van der Waals surface area (Å²) in [5, 5.41) is 38.3. The molecule has 0 bridgehead atoms. The number of hydrogen-bond donors (Lipinski definition) is 8. The fourth-order valence-corrected chi connectivity index (χ4v) is 7.53. The van der Waals surface area contributed by atoms with Gasteiger partial charge < -0.3 is 20.4 Å². The highest BCUT2D eigenvalue weighted by Crippen LogP contribution is 2.50. The minimum atomic E-state index is -0.722. The summed E-state index contributed by atoms with van der Waals surface area (Å²) < 4.78 is 0. The normalized spacial score (nSPS) is 24.5. The third kappa shape index (κ3) is 8.02. The van der Waals surface area contributed by atoms with Crippen molar-refractivity contribution in [1.82, 2.24) is 0 Å². The zero-order valence-electron chi connectivity index (χ0n) is 15.5. The molecule has 4 N–H and O–H groups in total. The maximum Gasteiger partial charge on any atom is 0.0522 e. The molecule has 0 aliphatic heterocycles.